The molecular weight excluding hydrogens is 331 g/mol. The number of hydrogen-bond acceptors (Lipinski definition) is 6. The lowest BCUT2D eigenvalue weighted by Crippen LogP contribution is -2.33. The monoisotopic (exact) mass is 354 g/mol. The topological polar surface area (TPSA) is 71.1 Å². The first kappa shape index (κ1) is 17.5. The lowest BCUT2D eigenvalue weighted by atomic mass is 9.97. The minimum absolute atomic E-state index is 0.204. The lowest BCUT2D eigenvalue weighted by Gasteiger charge is -2.38. The van der Waals surface area contributed by atoms with Crippen molar-refractivity contribution in [2.75, 3.05) is 27.4 Å². The number of carbonyl (C=O) groups excluding carboxylic acids is 1. The third-order valence-electron chi connectivity index (χ3n) is 4.75. The summed E-state index contributed by atoms with van der Waals surface area (Å²) in [5.41, 5.74) is 0.548. The minimum Gasteiger partial charge on any atom is -0.497 e. The van der Waals surface area contributed by atoms with E-state index in [1.807, 2.05) is 26.0 Å². The summed E-state index contributed by atoms with van der Waals surface area (Å²) >= 11 is 0. The van der Waals surface area contributed by atoms with Crippen LogP contribution in [0.1, 0.15) is 25.8 Å². The molecule has 0 unspecified atom stereocenters. The molecular formula is C17H23O6P. The fourth-order valence-corrected chi connectivity index (χ4v) is 6.09. The van der Waals surface area contributed by atoms with Gasteiger partial charge in [-0.1, -0.05) is 26.0 Å². The number of esters is 1. The van der Waals surface area contributed by atoms with Crippen LogP contribution in [0.3, 0.4) is 0 Å². The van der Waals surface area contributed by atoms with Crippen molar-refractivity contribution in [3.05, 3.63) is 29.8 Å². The number of methoxy groups -OCH3 is 2. The molecule has 0 spiro atoms. The van der Waals surface area contributed by atoms with Crippen molar-refractivity contribution in [1.29, 1.82) is 0 Å². The van der Waals surface area contributed by atoms with E-state index < -0.39 is 24.6 Å². The Labute approximate surface area is 142 Å². The van der Waals surface area contributed by atoms with Gasteiger partial charge in [0.2, 0.25) is 0 Å². The van der Waals surface area contributed by atoms with Gasteiger partial charge in [0.15, 0.2) is 0 Å². The Hall–Kier alpha value is -1.36. The third kappa shape index (κ3) is 2.67. The van der Waals surface area contributed by atoms with Crippen LogP contribution in [0.2, 0.25) is 0 Å². The van der Waals surface area contributed by atoms with Gasteiger partial charge >= 0.3 is 13.6 Å². The molecule has 1 saturated carbocycles. The molecule has 2 fully saturated rings. The van der Waals surface area contributed by atoms with Crippen molar-refractivity contribution in [3.63, 3.8) is 0 Å². The Bertz CT molecular complexity index is 669. The smallest absolute Gasteiger partial charge is 0.342 e. The van der Waals surface area contributed by atoms with E-state index in [-0.39, 0.29) is 5.41 Å². The van der Waals surface area contributed by atoms with E-state index in [4.69, 9.17) is 18.5 Å². The van der Waals surface area contributed by atoms with Gasteiger partial charge in [0.05, 0.1) is 33.4 Å². The summed E-state index contributed by atoms with van der Waals surface area (Å²) in [6.45, 7) is 4.63. The van der Waals surface area contributed by atoms with Crippen LogP contribution in [-0.4, -0.2) is 33.4 Å². The second kappa shape index (κ2) is 5.87. The predicted molar refractivity (Wildman–Crippen MR) is 88.1 cm³/mol. The highest BCUT2D eigenvalue weighted by Gasteiger charge is 2.73. The van der Waals surface area contributed by atoms with Crippen molar-refractivity contribution in [1.82, 2.24) is 0 Å². The highest BCUT2D eigenvalue weighted by molar-refractivity contribution is 7.55. The van der Waals surface area contributed by atoms with Crippen LogP contribution >= 0.6 is 7.60 Å². The van der Waals surface area contributed by atoms with Crippen LogP contribution < -0.4 is 4.74 Å². The summed E-state index contributed by atoms with van der Waals surface area (Å²) in [5.74, 6) is -0.227. The average molecular weight is 354 g/mol. The van der Waals surface area contributed by atoms with E-state index in [1.54, 1.807) is 19.2 Å². The van der Waals surface area contributed by atoms with Gasteiger partial charge in [0.25, 0.3) is 0 Å². The van der Waals surface area contributed by atoms with Crippen molar-refractivity contribution < 1.29 is 27.9 Å². The first-order valence-corrected chi connectivity index (χ1v) is 9.44. The normalized spacial score (nSPS) is 30.4. The Kier molecular flexibility index (Phi) is 4.27. The second-order valence-electron chi connectivity index (χ2n) is 7.14. The van der Waals surface area contributed by atoms with E-state index in [0.29, 0.717) is 25.4 Å². The van der Waals surface area contributed by atoms with Crippen LogP contribution in [0.5, 0.6) is 5.75 Å². The Morgan fingerprint density at radius 2 is 1.75 bits per heavy atom. The molecule has 1 aromatic carbocycles. The number of rotatable bonds is 4. The van der Waals surface area contributed by atoms with E-state index in [1.165, 1.54) is 7.11 Å². The molecule has 1 heterocycles. The fourth-order valence-electron chi connectivity index (χ4n) is 3.16. The van der Waals surface area contributed by atoms with Gasteiger partial charge in [-0.2, -0.15) is 0 Å². The van der Waals surface area contributed by atoms with Crippen LogP contribution in [0.4, 0.5) is 0 Å². The molecule has 0 amide bonds. The largest absolute Gasteiger partial charge is 0.497 e. The van der Waals surface area contributed by atoms with Gasteiger partial charge in [0.1, 0.15) is 10.9 Å². The predicted octanol–water partition coefficient (Wildman–Crippen LogP) is 3.35. The van der Waals surface area contributed by atoms with Crippen LogP contribution in [0.15, 0.2) is 24.3 Å². The molecule has 2 atom stereocenters. The summed E-state index contributed by atoms with van der Waals surface area (Å²) in [6.07, 6.45) is 0.393. The van der Waals surface area contributed by atoms with Crippen molar-refractivity contribution >= 4 is 13.6 Å². The summed E-state index contributed by atoms with van der Waals surface area (Å²) in [4.78, 5) is 12.1. The fraction of sp³-hybridized carbons (Fsp3) is 0.588. The zero-order chi connectivity index (χ0) is 17.6. The molecule has 1 aliphatic carbocycles. The molecule has 0 bridgehead atoms. The molecule has 6 nitrogen and oxygen atoms in total. The van der Waals surface area contributed by atoms with Gasteiger partial charge in [-0.3, -0.25) is 9.36 Å². The quantitative estimate of drug-likeness (QED) is 0.610. The maximum atomic E-state index is 13.5. The Morgan fingerprint density at radius 3 is 2.25 bits per heavy atom. The van der Waals surface area contributed by atoms with Gasteiger partial charge in [-0.15, -0.1) is 0 Å². The van der Waals surface area contributed by atoms with Crippen molar-refractivity contribution in [3.8, 4) is 5.75 Å². The van der Waals surface area contributed by atoms with E-state index in [0.717, 1.165) is 5.56 Å². The second-order valence-corrected chi connectivity index (χ2v) is 9.45. The first-order valence-electron chi connectivity index (χ1n) is 7.90. The van der Waals surface area contributed by atoms with Crippen LogP contribution in [0.25, 0.3) is 0 Å². The zero-order valence-corrected chi connectivity index (χ0v) is 15.3. The standard InChI is InChI=1S/C17H23O6P/c1-16(2)10-22-24(19,23-11-16)17(9-14(17)15(18)21-4)12-5-7-13(20-3)8-6-12/h5-8,14H,9-11H2,1-4H3/t14-,17-/m1/s1. The lowest BCUT2D eigenvalue weighted by molar-refractivity contribution is -0.142. The third-order valence-corrected chi connectivity index (χ3v) is 7.41. The highest BCUT2D eigenvalue weighted by atomic mass is 31.2. The SMILES string of the molecule is COC(=O)[C@H]1C[C@]1(c1ccc(OC)cc1)P1(=O)OCC(C)(C)CO1. The highest BCUT2D eigenvalue weighted by Crippen LogP contribution is 2.80. The van der Waals surface area contributed by atoms with Crippen molar-refractivity contribution in [2.45, 2.75) is 25.4 Å². The molecule has 0 aromatic heterocycles. The van der Waals surface area contributed by atoms with Crippen LogP contribution in [-0.2, 0) is 28.3 Å². The molecule has 0 N–H and O–H groups in total. The maximum Gasteiger partial charge on any atom is 0.342 e. The van der Waals surface area contributed by atoms with E-state index in [9.17, 15) is 9.36 Å². The molecule has 24 heavy (non-hydrogen) atoms. The number of hydrogen-bond donors (Lipinski definition) is 0. The molecule has 132 valence electrons. The Morgan fingerprint density at radius 1 is 1.17 bits per heavy atom. The van der Waals surface area contributed by atoms with Gasteiger partial charge in [-0.05, 0) is 24.1 Å². The molecule has 1 aliphatic heterocycles. The maximum absolute atomic E-state index is 13.5. The first-order chi connectivity index (χ1) is 11.3. The molecule has 3 rings (SSSR count). The summed E-state index contributed by atoms with van der Waals surface area (Å²) in [5, 5.41) is -0.969. The van der Waals surface area contributed by atoms with E-state index >= 15 is 0 Å². The Balaban J connectivity index is 1.98. The van der Waals surface area contributed by atoms with Gasteiger partial charge < -0.3 is 18.5 Å². The van der Waals surface area contributed by atoms with Gasteiger partial charge in [0, 0.05) is 5.41 Å². The molecule has 0 radical (unpaired) electrons. The summed E-state index contributed by atoms with van der Waals surface area (Å²) in [6, 6.07) is 7.19. The van der Waals surface area contributed by atoms with Crippen molar-refractivity contribution in [2.24, 2.45) is 11.3 Å². The van der Waals surface area contributed by atoms with E-state index in [2.05, 4.69) is 0 Å². The minimum atomic E-state index is -3.50. The molecule has 7 heteroatoms. The van der Waals surface area contributed by atoms with Crippen LogP contribution in [0, 0.1) is 11.3 Å². The average Bonchev–Trinajstić information content (AvgIpc) is 3.35. The molecule has 1 saturated heterocycles. The molecule has 2 aliphatic rings. The number of ether oxygens (including phenoxy) is 2. The zero-order valence-electron chi connectivity index (χ0n) is 14.4. The number of benzene rings is 1. The number of carbonyl (C=O) groups is 1. The van der Waals surface area contributed by atoms with Gasteiger partial charge in [-0.25, -0.2) is 0 Å². The summed E-state index contributed by atoms with van der Waals surface area (Å²) in [7, 11) is -0.581. The molecule has 1 aromatic rings. The summed E-state index contributed by atoms with van der Waals surface area (Å²) < 4.78 is 35.0.